The minimum Gasteiger partial charge on any atom is -0.480 e. The van der Waals surface area contributed by atoms with Crippen LogP contribution in [0.5, 0.6) is 0 Å². The summed E-state index contributed by atoms with van der Waals surface area (Å²) in [6.45, 7) is 2.31. The Morgan fingerprint density at radius 3 is 1.12 bits per heavy atom. The van der Waals surface area contributed by atoms with Gasteiger partial charge in [0.1, 0.15) is 12.1 Å². The van der Waals surface area contributed by atoms with Gasteiger partial charge in [-0.1, -0.05) is 0 Å². The second-order valence-corrected chi connectivity index (χ2v) is 5.93. The first-order valence-corrected chi connectivity index (χ1v) is 7.47. The summed E-state index contributed by atoms with van der Waals surface area (Å²) in [5.41, 5.74) is -3.58. The molecule has 0 aliphatic carbocycles. The Labute approximate surface area is 142 Å². The fourth-order valence-corrected chi connectivity index (χ4v) is 2.94. The molecule has 134 valence electrons. The van der Waals surface area contributed by atoms with E-state index in [1.165, 1.54) is 0 Å². The molecule has 2 heterocycles. The Hall–Kier alpha value is -3.56. The quantitative estimate of drug-likeness (QED) is 0.613. The van der Waals surface area contributed by atoms with Crippen LogP contribution in [0.25, 0.3) is 21.5 Å². The van der Waals surface area contributed by atoms with E-state index in [1.54, 1.807) is 0 Å². The summed E-state index contributed by atoms with van der Waals surface area (Å²) in [6.07, 6.45) is 0. The zero-order valence-corrected chi connectivity index (χ0v) is 13.5. The lowest BCUT2D eigenvalue weighted by Crippen LogP contribution is -2.33. The molecule has 2 atom stereocenters. The van der Waals surface area contributed by atoms with Gasteiger partial charge < -0.3 is 10.2 Å². The predicted octanol–water partition coefficient (Wildman–Crippen LogP) is -0.796. The molecule has 3 aromatic rings. The molecule has 2 aromatic heterocycles. The topological polar surface area (TPSA) is 153 Å². The molecular weight excluding hydrogens is 348 g/mol. The molecule has 2 N–H and O–H groups in total. The van der Waals surface area contributed by atoms with Crippen LogP contribution >= 0.6 is 0 Å². The largest absolute Gasteiger partial charge is 0.480 e. The van der Waals surface area contributed by atoms with Gasteiger partial charge in [0.15, 0.2) is 0 Å². The van der Waals surface area contributed by atoms with Crippen LogP contribution in [0.2, 0.25) is 0 Å². The lowest BCUT2D eigenvalue weighted by molar-refractivity contribution is -0.141. The van der Waals surface area contributed by atoms with Gasteiger partial charge in [0.25, 0.3) is 22.2 Å². The van der Waals surface area contributed by atoms with Crippen LogP contribution in [0.15, 0.2) is 31.3 Å². The average molecular weight is 360 g/mol. The van der Waals surface area contributed by atoms with E-state index in [4.69, 9.17) is 10.2 Å². The van der Waals surface area contributed by atoms with Gasteiger partial charge in [-0.3, -0.25) is 28.3 Å². The molecule has 0 aliphatic heterocycles. The number of nitrogens with zero attached hydrogens (tertiary/aromatic N) is 2. The summed E-state index contributed by atoms with van der Waals surface area (Å²) < 4.78 is 1.07. The highest BCUT2D eigenvalue weighted by Gasteiger charge is 2.26. The van der Waals surface area contributed by atoms with Crippen molar-refractivity contribution < 1.29 is 19.8 Å². The van der Waals surface area contributed by atoms with Crippen molar-refractivity contribution in [2.75, 3.05) is 0 Å². The van der Waals surface area contributed by atoms with E-state index in [1.807, 2.05) is 0 Å². The van der Waals surface area contributed by atoms with Crippen molar-refractivity contribution in [3.8, 4) is 0 Å². The van der Waals surface area contributed by atoms with E-state index in [-0.39, 0.29) is 21.5 Å². The van der Waals surface area contributed by atoms with Gasteiger partial charge in [-0.25, -0.2) is 9.59 Å². The number of benzene rings is 1. The van der Waals surface area contributed by atoms with Gasteiger partial charge in [0, 0.05) is 0 Å². The third-order valence-corrected chi connectivity index (χ3v) is 4.44. The molecule has 1 aromatic carbocycles. The van der Waals surface area contributed by atoms with Crippen LogP contribution in [0.3, 0.4) is 0 Å². The van der Waals surface area contributed by atoms with Gasteiger partial charge in [0.2, 0.25) is 0 Å². The fourth-order valence-electron chi connectivity index (χ4n) is 2.94. The summed E-state index contributed by atoms with van der Waals surface area (Å²) >= 11 is 0. The van der Waals surface area contributed by atoms with Crippen LogP contribution in [-0.4, -0.2) is 31.3 Å². The number of rotatable bonds is 4. The smallest absolute Gasteiger partial charge is 0.326 e. The highest BCUT2D eigenvalue weighted by Crippen LogP contribution is 2.17. The third kappa shape index (κ3) is 2.11. The second-order valence-electron chi connectivity index (χ2n) is 5.93. The van der Waals surface area contributed by atoms with Gasteiger partial charge in [-0.05, 0) is 26.0 Å². The second kappa shape index (κ2) is 5.48. The molecular formula is C16H12N2O8. The zero-order chi connectivity index (χ0) is 19.5. The molecule has 26 heavy (non-hydrogen) atoms. The number of carboxylic acid groups (broad SMARTS) is 2. The van der Waals surface area contributed by atoms with Crippen LogP contribution in [0, 0.1) is 0 Å². The van der Waals surface area contributed by atoms with E-state index in [2.05, 4.69) is 0 Å². The first-order chi connectivity index (χ1) is 12.1. The first-order valence-electron chi connectivity index (χ1n) is 7.47. The van der Waals surface area contributed by atoms with Crippen molar-refractivity contribution in [2.24, 2.45) is 0 Å². The minimum absolute atomic E-state index is 0.201. The minimum atomic E-state index is -1.42. The lowest BCUT2D eigenvalue weighted by atomic mass is 10.1. The Morgan fingerprint density at radius 1 is 0.692 bits per heavy atom. The molecule has 0 fully saturated rings. The van der Waals surface area contributed by atoms with Crippen molar-refractivity contribution in [1.29, 1.82) is 0 Å². The van der Waals surface area contributed by atoms with Crippen LogP contribution in [0.1, 0.15) is 25.9 Å². The van der Waals surface area contributed by atoms with E-state index >= 15 is 0 Å². The standard InChI is InChI=1S/C16H12N2O8/c1-5(15(23)24)17-11(19)7-3-9-10(4-8(7)12(17)20)14(22)18(13(9)21)6(2)16(25)26/h3-6H,1-2H3,(H,23,24)(H,25,26). The SMILES string of the molecule is CC(C(=O)O)n1c(=O)c2cc3c(=O)n(C(C)C(=O)O)c(=O)c3cc2c1=O. The normalized spacial score (nSPS) is 13.9. The van der Waals surface area contributed by atoms with E-state index in [9.17, 15) is 28.8 Å². The number of carboxylic acids is 2. The summed E-state index contributed by atoms with van der Waals surface area (Å²) in [7, 11) is 0. The van der Waals surface area contributed by atoms with Crippen molar-refractivity contribution in [1.82, 2.24) is 9.13 Å². The first kappa shape index (κ1) is 17.3. The molecule has 0 spiro atoms. The molecule has 0 radical (unpaired) electrons. The number of aromatic nitrogens is 2. The molecule has 10 heteroatoms. The van der Waals surface area contributed by atoms with Crippen LogP contribution in [-0.2, 0) is 9.59 Å². The van der Waals surface area contributed by atoms with Crippen LogP contribution in [0.4, 0.5) is 0 Å². The number of hydrogen-bond acceptors (Lipinski definition) is 6. The Bertz CT molecular complexity index is 1130. The number of carbonyl (C=O) groups is 2. The van der Waals surface area contributed by atoms with Gasteiger partial charge in [-0.15, -0.1) is 0 Å². The highest BCUT2D eigenvalue weighted by molar-refractivity contribution is 5.98. The van der Waals surface area contributed by atoms with Crippen molar-refractivity contribution in [3.05, 3.63) is 53.5 Å². The molecule has 3 rings (SSSR count). The Balaban J connectivity index is 2.46. The molecule has 2 unspecified atom stereocenters. The molecule has 10 nitrogen and oxygen atoms in total. The molecule has 0 saturated heterocycles. The van der Waals surface area contributed by atoms with Gasteiger partial charge >= 0.3 is 11.9 Å². The lowest BCUT2D eigenvalue weighted by Gasteiger charge is -2.04. The third-order valence-electron chi connectivity index (χ3n) is 4.44. The predicted molar refractivity (Wildman–Crippen MR) is 89.6 cm³/mol. The highest BCUT2D eigenvalue weighted by atomic mass is 16.4. The Morgan fingerprint density at radius 2 is 0.923 bits per heavy atom. The van der Waals surface area contributed by atoms with Crippen molar-refractivity contribution in [3.63, 3.8) is 0 Å². The van der Waals surface area contributed by atoms with Crippen molar-refractivity contribution >= 4 is 33.5 Å². The molecule has 0 saturated carbocycles. The molecule has 0 bridgehead atoms. The number of hydrogen-bond donors (Lipinski definition) is 2. The summed E-state index contributed by atoms with van der Waals surface area (Å²) in [6, 6.07) is -0.776. The monoisotopic (exact) mass is 360 g/mol. The zero-order valence-electron chi connectivity index (χ0n) is 13.5. The summed E-state index contributed by atoms with van der Waals surface area (Å²) in [5, 5.41) is 17.3. The maximum Gasteiger partial charge on any atom is 0.326 e. The van der Waals surface area contributed by atoms with Crippen LogP contribution < -0.4 is 22.2 Å². The van der Waals surface area contributed by atoms with E-state index in [0.717, 1.165) is 26.0 Å². The average Bonchev–Trinajstić information content (AvgIpc) is 2.97. The van der Waals surface area contributed by atoms with Gasteiger partial charge in [-0.2, -0.15) is 0 Å². The maximum atomic E-state index is 12.4. The van der Waals surface area contributed by atoms with Crippen molar-refractivity contribution in [2.45, 2.75) is 25.9 Å². The van der Waals surface area contributed by atoms with Gasteiger partial charge in [0.05, 0.1) is 21.5 Å². The fraction of sp³-hybridized carbons (Fsp3) is 0.250. The molecule has 0 amide bonds. The van der Waals surface area contributed by atoms with E-state index in [0.29, 0.717) is 9.13 Å². The van der Waals surface area contributed by atoms with E-state index < -0.39 is 46.3 Å². The number of fused-ring (bicyclic) bond motifs is 2. The Kier molecular flexibility index (Phi) is 3.64. The number of aliphatic carboxylic acids is 2. The summed E-state index contributed by atoms with van der Waals surface area (Å²) in [4.78, 5) is 71.8. The maximum absolute atomic E-state index is 12.4. The molecule has 0 aliphatic rings. The summed E-state index contributed by atoms with van der Waals surface area (Å²) in [5.74, 6) is -2.78.